The van der Waals surface area contributed by atoms with Crippen LogP contribution in [0.2, 0.25) is 0 Å². The topological polar surface area (TPSA) is 79.0 Å². The SMILES string of the molecule is C/C=C/C(=O)N1CCN(C(=O)CCNC(=O)OC(C)(C)C)CC1. The number of ether oxygens (including phenoxy) is 1. The Labute approximate surface area is 137 Å². The summed E-state index contributed by atoms with van der Waals surface area (Å²) in [6.07, 6.45) is 2.94. The highest BCUT2D eigenvalue weighted by atomic mass is 16.6. The quantitative estimate of drug-likeness (QED) is 0.786. The summed E-state index contributed by atoms with van der Waals surface area (Å²) in [6, 6.07) is 0. The second-order valence-corrected chi connectivity index (χ2v) is 6.38. The molecule has 0 aromatic carbocycles. The molecule has 1 rings (SSSR count). The molecule has 23 heavy (non-hydrogen) atoms. The van der Waals surface area contributed by atoms with E-state index in [1.54, 1.807) is 43.6 Å². The zero-order valence-electron chi connectivity index (χ0n) is 14.4. The molecule has 0 radical (unpaired) electrons. The van der Waals surface area contributed by atoms with E-state index in [-0.39, 0.29) is 24.8 Å². The number of allylic oxidation sites excluding steroid dienone is 1. The Bertz CT molecular complexity index is 460. The van der Waals surface area contributed by atoms with Crippen LogP contribution in [0.1, 0.15) is 34.1 Å². The van der Waals surface area contributed by atoms with Crippen LogP contribution in [0, 0.1) is 0 Å². The lowest BCUT2D eigenvalue weighted by atomic mass is 10.2. The van der Waals surface area contributed by atoms with Crippen LogP contribution in [0.25, 0.3) is 0 Å². The number of amides is 3. The van der Waals surface area contributed by atoms with E-state index < -0.39 is 11.7 Å². The Kier molecular flexibility index (Phi) is 7.06. The number of nitrogens with zero attached hydrogens (tertiary/aromatic N) is 2. The number of rotatable bonds is 4. The smallest absolute Gasteiger partial charge is 0.407 e. The molecule has 1 aliphatic heterocycles. The second-order valence-electron chi connectivity index (χ2n) is 6.38. The minimum atomic E-state index is -0.552. The third-order valence-corrected chi connectivity index (χ3v) is 3.26. The van der Waals surface area contributed by atoms with Crippen LogP contribution in [0.3, 0.4) is 0 Å². The highest BCUT2D eigenvalue weighted by Gasteiger charge is 2.23. The summed E-state index contributed by atoms with van der Waals surface area (Å²) in [5, 5.41) is 2.57. The molecule has 130 valence electrons. The van der Waals surface area contributed by atoms with Gasteiger partial charge in [-0.3, -0.25) is 9.59 Å². The number of alkyl carbamates (subject to hydrolysis) is 1. The van der Waals surface area contributed by atoms with Gasteiger partial charge in [0.1, 0.15) is 5.60 Å². The lowest BCUT2D eigenvalue weighted by Gasteiger charge is -2.34. The maximum Gasteiger partial charge on any atom is 0.407 e. The van der Waals surface area contributed by atoms with Gasteiger partial charge in [0.15, 0.2) is 0 Å². The van der Waals surface area contributed by atoms with E-state index in [0.29, 0.717) is 26.2 Å². The molecule has 7 heteroatoms. The van der Waals surface area contributed by atoms with Crippen LogP contribution < -0.4 is 5.32 Å². The summed E-state index contributed by atoms with van der Waals surface area (Å²) in [7, 11) is 0. The van der Waals surface area contributed by atoms with Gasteiger partial charge in [0, 0.05) is 39.1 Å². The number of carbonyl (C=O) groups is 3. The molecular formula is C16H27N3O4. The van der Waals surface area contributed by atoms with Crippen LogP contribution in [0.5, 0.6) is 0 Å². The molecule has 0 aromatic rings. The first-order chi connectivity index (χ1) is 10.7. The highest BCUT2D eigenvalue weighted by Crippen LogP contribution is 2.07. The molecule has 1 N–H and O–H groups in total. The molecule has 0 saturated carbocycles. The fourth-order valence-corrected chi connectivity index (χ4v) is 2.17. The standard InChI is InChI=1S/C16H27N3O4/c1-5-6-13(20)18-9-11-19(12-10-18)14(21)7-8-17-15(22)23-16(2,3)4/h5-6H,7-12H2,1-4H3,(H,17,22)/b6-5+. The maximum atomic E-state index is 12.1. The third-order valence-electron chi connectivity index (χ3n) is 3.26. The summed E-state index contributed by atoms with van der Waals surface area (Å²) in [5.74, 6) is -0.0506. The number of hydrogen-bond donors (Lipinski definition) is 1. The molecule has 1 aliphatic rings. The first-order valence-corrected chi connectivity index (χ1v) is 7.89. The lowest BCUT2D eigenvalue weighted by Crippen LogP contribution is -2.50. The van der Waals surface area contributed by atoms with Crippen molar-refractivity contribution < 1.29 is 19.1 Å². The van der Waals surface area contributed by atoms with Crippen molar-refractivity contribution >= 4 is 17.9 Å². The number of piperazine rings is 1. The minimum absolute atomic E-state index is 0.0220. The Morgan fingerprint density at radius 2 is 1.65 bits per heavy atom. The molecule has 3 amide bonds. The van der Waals surface area contributed by atoms with Gasteiger partial charge in [-0.15, -0.1) is 0 Å². The van der Waals surface area contributed by atoms with Gasteiger partial charge in [0.25, 0.3) is 0 Å². The molecule has 0 spiro atoms. The van der Waals surface area contributed by atoms with Crippen molar-refractivity contribution in [1.29, 1.82) is 0 Å². The van der Waals surface area contributed by atoms with E-state index in [0.717, 1.165) is 0 Å². The van der Waals surface area contributed by atoms with Crippen molar-refractivity contribution in [2.75, 3.05) is 32.7 Å². The van der Waals surface area contributed by atoms with Gasteiger partial charge >= 0.3 is 6.09 Å². The summed E-state index contributed by atoms with van der Waals surface area (Å²) in [5.41, 5.74) is -0.552. The zero-order valence-corrected chi connectivity index (χ0v) is 14.4. The van der Waals surface area contributed by atoms with E-state index in [4.69, 9.17) is 4.74 Å². The molecule has 7 nitrogen and oxygen atoms in total. The number of nitrogens with one attached hydrogen (secondary N) is 1. The van der Waals surface area contributed by atoms with Crippen LogP contribution >= 0.6 is 0 Å². The maximum absolute atomic E-state index is 12.1. The second kappa shape index (κ2) is 8.55. The Balaban J connectivity index is 2.27. The van der Waals surface area contributed by atoms with E-state index in [2.05, 4.69) is 5.32 Å². The molecule has 1 fully saturated rings. The summed E-state index contributed by atoms with van der Waals surface area (Å²) >= 11 is 0. The van der Waals surface area contributed by atoms with Crippen molar-refractivity contribution in [1.82, 2.24) is 15.1 Å². The molecule has 0 bridgehead atoms. The number of carbonyl (C=O) groups excluding carboxylic acids is 3. The van der Waals surface area contributed by atoms with Gasteiger partial charge in [-0.1, -0.05) is 6.08 Å². The highest BCUT2D eigenvalue weighted by molar-refractivity contribution is 5.87. The van der Waals surface area contributed by atoms with Crippen molar-refractivity contribution in [3.63, 3.8) is 0 Å². The van der Waals surface area contributed by atoms with E-state index in [1.807, 2.05) is 0 Å². The average Bonchev–Trinajstić information content (AvgIpc) is 2.45. The average molecular weight is 325 g/mol. The largest absolute Gasteiger partial charge is 0.444 e. The summed E-state index contributed by atoms with van der Waals surface area (Å²) < 4.78 is 5.10. The summed E-state index contributed by atoms with van der Waals surface area (Å²) in [4.78, 5) is 38.7. The molecule has 0 aromatic heterocycles. The van der Waals surface area contributed by atoms with Crippen molar-refractivity contribution in [3.05, 3.63) is 12.2 Å². The van der Waals surface area contributed by atoms with Crippen molar-refractivity contribution in [2.24, 2.45) is 0 Å². The van der Waals surface area contributed by atoms with E-state index in [1.165, 1.54) is 6.08 Å². The third kappa shape index (κ3) is 7.17. The molecule has 0 aliphatic carbocycles. The Morgan fingerprint density at radius 1 is 1.09 bits per heavy atom. The normalized spacial score (nSPS) is 15.7. The van der Waals surface area contributed by atoms with E-state index in [9.17, 15) is 14.4 Å². The predicted molar refractivity (Wildman–Crippen MR) is 86.8 cm³/mol. The van der Waals surface area contributed by atoms with Gasteiger partial charge in [-0.05, 0) is 33.8 Å². The minimum Gasteiger partial charge on any atom is -0.444 e. The van der Waals surface area contributed by atoms with Crippen LogP contribution in [0.4, 0.5) is 4.79 Å². The zero-order chi connectivity index (χ0) is 17.5. The van der Waals surface area contributed by atoms with Gasteiger partial charge in [0.05, 0.1) is 0 Å². The monoisotopic (exact) mass is 325 g/mol. The fourth-order valence-electron chi connectivity index (χ4n) is 2.17. The first kappa shape index (κ1) is 19.0. The van der Waals surface area contributed by atoms with Crippen LogP contribution in [0.15, 0.2) is 12.2 Å². The van der Waals surface area contributed by atoms with E-state index >= 15 is 0 Å². The predicted octanol–water partition coefficient (Wildman–Crippen LogP) is 1.15. The molecular weight excluding hydrogens is 298 g/mol. The Morgan fingerprint density at radius 3 is 2.17 bits per heavy atom. The number of hydrogen-bond acceptors (Lipinski definition) is 4. The van der Waals surface area contributed by atoms with Gasteiger partial charge < -0.3 is 19.9 Å². The van der Waals surface area contributed by atoms with Gasteiger partial charge in [0.2, 0.25) is 11.8 Å². The Hall–Kier alpha value is -2.05. The summed E-state index contributed by atoms with van der Waals surface area (Å²) in [6.45, 7) is 9.51. The molecule has 0 atom stereocenters. The molecule has 0 unspecified atom stereocenters. The van der Waals surface area contributed by atoms with Crippen molar-refractivity contribution in [3.8, 4) is 0 Å². The van der Waals surface area contributed by atoms with Crippen molar-refractivity contribution in [2.45, 2.75) is 39.7 Å². The molecule has 1 heterocycles. The van der Waals surface area contributed by atoms with Crippen LogP contribution in [-0.4, -0.2) is 66.0 Å². The first-order valence-electron chi connectivity index (χ1n) is 7.89. The fraction of sp³-hybridized carbons (Fsp3) is 0.688. The van der Waals surface area contributed by atoms with Crippen LogP contribution in [-0.2, 0) is 14.3 Å². The molecule has 1 saturated heterocycles. The van der Waals surface area contributed by atoms with Gasteiger partial charge in [-0.25, -0.2) is 4.79 Å². The van der Waals surface area contributed by atoms with Gasteiger partial charge in [-0.2, -0.15) is 0 Å². The lowest BCUT2D eigenvalue weighted by molar-refractivity contribution is -0.137.